The molecule has 0 radical (unpaired) electrons. The first-order chi connectivity index (χ1) is 11.4. The topological polar surface area (TPSA) is 59.6 Å². The monoisotopic (exact) mass is 334 g/mol. The molecule has 0 fully saturated rings. The van der Waals surface area contributed by atoms with E-state index in [1.165, 1.54) is 18.2 Å². The third-order valence-corrected chi connectivity index (χ3v) is 3.55. The number of amides is 1. The number of nitrogens with one attached hydrogen (secondary N) is 2. The van der Waals surface area contributed by atoms with Gasteiger partial charge in [0.15, 0.2) is 11.5 Å². The van der Waals surface area contributed by atoms with E-state index < -0.39 is 6.29 Å². The number of halogens is 2. The molecule has 24 heavy (non-hydrogen) atoms. The molecule has 1 aliphatic heterocycles. The van der Waals surface area contributed by atoms with Crippen LogP contribution >= 0.6 is 0 Å². The lowest BCUT2D eigenvalue weighted by molar-refractivity contribution is -0.286. The normalized spacial score (nSPS) is 15.8. The Kier molecular flexibility index (Phi) is 4.35. The lowest BCUT2D eigenvalue weighted by atomic mass is 10.1. The summed E-state index contributed by atoms with van der Waals surface area (Å²) in [4.78, 5) is 12.0. The summed E-state index contributed by atoms with van der Waals surface area (Å²) in [6, 6.07) is 13.8. The quantitative estimate of drug-likeness (QED) is 0.881. The summed E-state index contributed by atoms with van der Waals surface area (Å²) in [5.41, 5.74) is 1.42. The predicted octanol–water partition coefficient (Wildman–Crippen LogP) is 3.30. The van der Waals surface area contributed by atoms with E-state index >= 15 is 0 Å². The molecule has 0 saturated heterocycles. The third kappa shape index (κ3) is 3.80. The van der Waals surface area contributed by atoms with Crippen LogP contribution in [0, 0.1) is 0 Å². The zero-order valence-corrected chi connectivity index (χ0v) is 12.9. The van der Waals surface area contributed by atoms with Crippen LogP contribution in [0.25, 0.3) is 0 Å². The highest BCUT2D eigenvalue weighted by atomic mass is 19.3. The van der Waals surface area contributed by atoms with E-state index in [2.05, 4.69) is 20.1 Å². The lowest BCUT2D eigenvalue weighted by Crippen LogP contribution is -2.30. The first-order valence-corrected chi connectivity index (χ1v) is 7.41. The van der Waals surface area contributed by atoms with Gasteiger partial charge in [0.2, 0.25) is 5.91 Å². The van der Waals surface area contributed by atoms with Crippen molar-refractivity contribution in [2.45, 2.75) is 19.3 Å². The van der Waals surface area contributed by atoms with Crippen LogP contribution in [0.1, 0.15) is 18.5 Å². The van der Waals surface area contributed by atoms with E-state index in [9.17, 15) is 13.6 Å². The summed E-state index contributed by atoms with van der Waals surface area (Å²) in [5, 5.41) is 5.72. The van der Waals surface area contributed by atoms with Crippen molar-refractivity contribution in [3.8, 4) is 11.5 Å². The Morgan fingerprint density at radius 3 is 2.58 bits per heavy atom. The van der Waals surface area contributed by atoms with Crippen molar-refractivity contribution < 1.29 is 23.0 Å². The van der Waals surface area contributed by atoms with Gasteiger partial charge in [-0.3, -0.25) is 4.79 Å². The third-order valence-electron chi connectivity index (χ3n) is 3.55. The SMILES string of the molecule is C[C@@H](NCC(=O)Nc1ccc2c(c1)OC(F)(F)O2)c1ccccc1. The van der Waals surface area contributed by atoms with E-state index in [-0.39, 0.29) is 30.0 Å². The molecule has 0 aromatic heterocycles. The molecule has 1 aliphatic rings. The van der Waals surface area contributed by atoms with Crippen LogP contribution in [0.2, 0.25) is 0 Å². The minimum absolute atomic E-state index is 0.00685. The van der Waals surface area contributed by atoms with Crippen molar-refractivity contribution >= 4 is 11.6 Å². The molecule has 0 aliphatic carbocycles. The van der Waals surface area contributed by atoms with Gasteiger partial charge in [0.25, 0.3) is 0 Å². The zero-order chi connectivity index (χ0) is 17.2. The average Bonchev–Trinajstić information content (AvgIpc) is 2.86. The molecule has 0 bridgehead atoms. The maximum Gasteiger partial charge on any atom is 0.586 e. The number of ether oxygens (including phenoxy) is 2. The van der Waals surface area contributed by atoms with Crippen molar-refractivity contribution in [3.63, 3.8) is 0 Å². The number of hydrogen-bond acceptors (Lipinski definition) is 4. The van der Waals surface area contributed by atoms with Crippen molar-refractivity contribution in [3.05, 3.63) is 54.1 Å². The van der Waals surface area contributed by atoms with Crippen LogP contribution < -0.4 is 20.1 Å². The Morgan fingerprint density at radius 2 is 1.83 bits per heavy atom. The van der Waals surface area contributed by atoms with Crippen LogP contribution in [0.4, 0.5) is 14.5 Å². The number of hydrogen-bond donors (Lipinski definition) is 2. The fourth-order valence-corrected chi connectivity index (χ4v) is 2.34. The molecular weight excluding hydrogens is 318 g/mol. The van der Waals surface area contributed by atoms with E-state index in [1.807, 2.05) is 37.3 Å². The summed E-state index contributed by atoms with van der Waals surface area (Å²) < 4.78 is 34.6. The van der Waals surface area contributed by atoms with Gasteiger partial charge in [-0.1, -0.05) is 30.3 Å². The van der Waals surface area contributed by atoms with Crippen molar-refractivity contribution in [2.24, 2.45) is 0 Å². The Morgan fingerprint density at radius 1 is 1.12 bits per heavy atom. The Labute approximate surface area is 137 Å². The number of anilines is 1. The van der Waals surface area contributed by atoms with Gasteiger partial charge >= 0.3 is 6.29 Å². The van der Waals surface area contributed by atoms with E-state index in [0.717, 1.165) is 5.56 Å². The minimum Gasteiger partial charge on any atom is -0.395 e. The van der Waals surface area contributed by atoms with Crippen molar-refractivity contribution in [1.29, 1.82) is 0 Å². The second-order valence-corrected chi connectivity index (χ2v) is 5.39. The van der Waals surface area contributed by atoms with Gasteiger partial charge in [0, 0.05) is 17.8 Å². The van der Waals surface area contributed by atoms with Gasteiger partial charge in [0.1, 0.15) is 0 Å². The molecule has 1 heterocycles. The molecule has 1 amide bonds. The highest BCUT2D eigenvalue weighted by molar-refractivity contribution is 5.92. The molecule has 7 heteroatoms. The highest BCUT2D eigenvalue weighted by Crippen LogP contribution is 2.42. The van der Waals surface area contributed by atoms with Gasteiger partial charge in [-0.25, -0.2) is 0 Å². The molecule has 5 nitrogen and oxygen atoms in total. The average molecular weight is 334 g/mol. The molecule has 3 rings (SSSR count). The summed E-state index contributed by atoms with van der Waals surface area (Å²) in [5.74, 6) is -0.458. The molecule has 0 spiro atoms. The van der Waals surface area contributed by atoms with Crippen LogP contribution in [0.5, 0.6) is 11.5 Å². The fourth-order valence-electron chi connectivity index (χ4n) is 2.34. The van der Waals surface area contributed by atoms with E-state index in [4.69, 9.17) is 0 Å². The lowest BCUT2D eigenvalue weighted by Gasteiger charge is -2.14. The number of fused-ring (bicyclic) bond motifs is 1. The number of rotatable bonds is 5. The van der Waals surface area contributed by atoms with Gasteiger partial charge in [-0.2, -0.15) is 0 Å². The van der Waals surface area contributed by atoms with E-state index in [0.29, 0.717) is 5.69 Å². The largest absolute Gasteiger partial charge is 0.586 e. The number of carbonyl (C=O) groups excluding carboxylic acids is 1. The van der Waals surface area contributed by atoms with Crippen molar-refractivity contribution in [2.75, 3.05) is 11.9 Å². The molecule has 0 saturated carbocycles. The summed E-state index contributed by atoms with van der Waals surface area (Å²) >= 11 is 0. The maximum atomic E-state index is 13.0. The van der Waals surface area contributed by atoms with E-state index in [1.54, 1.807) is 0 Å². The second kappa shape index (κ2) is 6.45. The van der Waals surface area contributed by atoms with Gasteiger partial charge in [-0.15, -0.1) is 8.78 Å². The van der Waals surface area contributed by atoms with Gasteiger partial charge in [-0.05, 0) is 24.6 Å². The van der Waals surface area contributed by atoms with Crippen LogP contribution in [0.15, 0.2) is 48.5 Å². The van der Waals surface area contributed by atoms with Crippen molar-refractivity contribution in [1.82, 2.24) is 5.32 Å². The maximum absolute atomic E-state index is 13.0. The summed E-state index contributed by atoms with van der Waals surface area (Å²) in [7, 11) is 0. The predicted molar refractivity (Wildman–Crippen MR) is 84.1 cm³/mol. The van der Waals surface area contributed by atoms with Crippen LogP contribution in [0.3, 0.4) is 0 Å². The smallest absolute Gasteiger partial charge is 0.395 e. The number of benzene rings is 2. The molecule has 126 valence electrons. The Hall–Kier alpha value is -2.67. The second-order valence-electron chi connectivity index (χ2n) is 5.39. The Bertz CT molecular complexity index is 738. The highest BCUT2D eigenvalue weighted by Gasteiger charge is 2.43. The minimum atomic E-state index is -3.67. The molecule has 2 N–H and O–H groups in total. The van der Waals surface area contributed by atoms with Crippen LogP contribution in [-0.2, 0) is 4.79 Å². The van der Waals surface area contributed by atoms with Crippen LogP contribution in [-0.4, -0.2) is 18.7 Å². The molecular formula is C17H16F2N2O3. The first kappa shape index (κ1) is 16.2. The van der Waals surface area contributed by atoms with Gasteiger partial charge < -0.3 is 20.1 Å². The van der Waals surface area contributed by atoms with Gasteiger partial charge in [0.05, 0.1) is 6.54 Å². The molecule has 1 atom stereocenters. The molecule has 0 unspecified atom stereocenters. The fraction of sp³-hybridized carbons (Fsp3) is 0.235. The number of carbonyl (C=O) groups is 1. The standard InChI is InChI=1S/C17H16F2N2O3/c1-11(12-5-3-2-4-6-12)20-10-16(22)21-13-7-8-14-15(9-13)24-17(18,19)23-14/h2-9,11,20H,10H2,1H3,(H,21,22)/t11-/m1/s1. The molecule has 2 aromatic rings. The zero-order valence-electron chi connectivity index (χ0n) is 12.9. The first-order valence-electron chi connectivity index (χ1n) is 7.41. The molecule has 2 aromatic carbocycles. The summed E-state index contributed by atoms with van der Waals surface area (Å²) in [6.45, 7) is 2.03. The Balaban J connectivity index is 1.55. The summed E-state index contributed by atoms with van der Waals surface area (Å²) in [6.07, 6.45) is -3.67. The number of alkyl halides is 2.